The molecule has 0 fully saturated rings. The average Bonchev–Trinajstić information content (AvgIpc) is 3.53. The van der Waals surface area contributed by atoms with Gasteiger partial charge in [0.05, 0.1) is 11.0 Å². The summed E-state index contributed by atoms with van der Waals surface area (Å²) in [6.45, 7) is 0. The van der Waals surface area contributed by atoms with Crippen molar-refractivity contribution >= 4 is 68.6 Å². The van der Waals surface area contributed by atoms with E-state index in [2.05, 4.69) is 156 Å². The molecule has 0 aliphatic rings. The van der Waals surface area contributed by atoms with Crippen LogP contribution in [0.3, 0.4) is 0 Å². The van der Waals surface area contributed by atoms with E-state index in [1.165, 1.54) is 20.7 Å². The minimum Gasteiger partial charge on any atom is -0.282 e. The predicted octanol–water partition coefficient (Wildman–Crippen LogP) is 7.52. The molecule has 0 radical (unpaired) electrons. The molecular formula is C45H34N4Si. The van der Waals surface area contributed by atoms with E-state index < -0.39 is 8.07 Å². The van der Waals surface area contributed by atoms with Gasteiger partial charge in [0.2, 0.25) is 5.96 Å². The Labute approximate surface area is 292 Å². The summed E-state index contributed by atoms with van der Waals surface area (Å²) in [5.74, 6) is 0.580. The zero-order valence-electron chi connectivity index (χ0n) is 27.4. The SMILES string of the molecule is N=C(N=C(N=Cc1cccc([Si](c2ccccc2)(c2ccccc2)c2ccccc2)c1)n1c2ccccc2c2ccccc21)c1ccccc1. The molecule has 0 unspecified atom stereocenters. The van der Waals surface area contributed by atoms with Gasteiger partial charge >= 0.3 is 0 Å². The van der Waals surface area contributed by atoms with Crippen molar-refractivity contribution in [3.63, 3.8) is 0 Å². The molecule has 1 heterocycles. The lowest BCUT2D eigenvalue weighted by molar-refractivity contribution is 1.22. The highest BCUT2D eigenvalue weighted by atomic mass is 28.3. The highest BCUT2D eigenvalue weighted by Crippen LogP contribution is 2.29. The first-order valence-corrected chi connectivity index (χ1v) is 18.8. The lowest BCUT2D eigenvalue weighted by Gasteiger charge is -2.34. The number of rotatable bonds is 6. The quantitative estimate of drug-likeness (QED) is 0.0832. The molecule has 0 amide bonds. The molecule has 0 saturated carbocycles. The van der Waals surface area contributed by atoms with Crippen molar-refractivity contribution in [3.8, 4) is 0 Å². The normalized spacial score (nSPS) is 12.1. The van der Waals surface area contributed by atoms with Crippen molar-refractivity contribution < 1.29 is 0 Å². The third-order valence-corrected chi connectivity index (χ3v) is 14.1. The number of benzene rings is 7. The van der Waals surface area contributed by atoms with E-state index in [9.17, 15) is 0 Å². The fourth-order valence-electron chi connectivity index (χ4n) is 7.08. The van der Waals surface area contributed by atoms with E-state index in [1.54, 1.807) is 0 Å². The van der Waals surface area contributed by atoms with E-state index in [0.717, 1.165) is 32.9 Å². The molecule has 5 heteroatoms. The third-order valence-electron chi connectivity index (χ3n) is 9.31. The van der Waals surface area contributed by atoms with Crippen LogP contribution in [0.15, 0.2) is 204 Å². The monoisotopic (exact) mass is 658 g/mol. The van der Waals surface area contributed by atoms with Crippen molar-refractivity contribution in [1.82, 2.24) is 4.57 Å². The Kier molecular flexibility index (Phi) is 8.39. The Morgan fingerprint density at radius 2 is 0.920 bits per heavy atom. The number of hydrogen-bond donors (Lipinski definition) is 1. The topological polar surface area (TPSA) is 53.5 Å². The van der Waals surface area contributed by atoms with Crippen LogP contribution in [-0.2, 0) is 0 Å². The van der Waals surface area contributed by atoms with Crippen LogP contribution in [-0.4, -0.2) is 30.7 Å². The predicted molar refractivity (Wildman–Crippen MR) is 213 cm³/mol. The van der Waals surface area contributed by atoms with Crippen LogP contribution in [0.5, 0.6) is 0 Å². The number of aliphatic imine (C=N–C) groups is 2. The molecule has 0 aliphatic carbocycles. The first-order chi connectivity index (χ1) is 24.7. The van der Waals surface area contributed by atoms with Crippen LogP contribution in [0.2, 0.25) is 0 Å². The summed E-state index contributed by atoms with van der Waals surface area (Å²) in [4.78, 5) is 10.00. The second kappa shape index (κ2) is 13.6. The molecule has 238 valence electrons. The van der Waals surface area contributed by atoms with Crippen molar-refractivity contribution in [3.05, 3.63) is 205 Å². The molecule has 7 aromatic carbocycles. The molecule has 0 saturated heterocycles. The lowest BCUT2D eigenvalue weighted by Crippen LogP contribution is -2.74. The standard InChI is InChI=1S/C45H34N4Si/c46-44(35-19-5-1-6-20-35)48-45(49-42-30-15-13-28-40(42)41-29-14-16-31-43(41)49)47-33-34-18-17-27-39(32-34)50(36-21-7-2-8-22-36,37-23-9-3-10-24-37)38-25-11-4-12-26-38/h1-33,46H. The molecule has 0 spiro atoms. The number of para-hydroxylation sites is 2. The van der Waals surface area contributed by atoms with Gasteiger partial charge in [0, 0.05) is 22.6 Å². The van der Waals surface area contributed by atoms with Crippen molar-refractivity contribution in [2.75, 3.05) is 0 Å². The summed E-state index contributed by atoms with van der Waals surface area (Å²) >= 11 is 0. The third kappa shape index (κ3) is 5.60. The van der Waals surface area contributed by atoms with Crippen molar-refractivity contribution in [2.24, 2.45) is 9.98 Å². The van der Waals surface area contributed by atoms with Gasteiger partial charge in [-0.1, -0.05) is 182 Å². The van der Waals surface area contributed by atoms with Gasteiger partial charge in [0.1, 0.15) is 0 Å². The molecular weight excluding hydrogens is 625 g/mol. The van der Waals surface area contributed by atoms with E-state index in [1.807, 2.05) is 48.7 Å². The number of hydrogen-bond acceptors (Lipinski definition) is 1. The van der Waals surface area contributed by atoms with E-state index in [-0.39, 0.29) is 5.84 Å². The summed E-state index contributed by atoms with van der Waals surface area (Å²) < 4.78 is 2.07. The van der Waals surface area contributed by atoms with Crippen LogP contribution in [0.4, 0.5) is 0 Å². The van der Waals surface area contributed by atoms with Crippen LogP contribution in [0.1, 0.15) is 11.1 Å². The Balaban J connectivity index is 1.32. The maximum absolute atomic E-state index is 8.99. The molecule has 8 aromatic rings. The highest BCUT2D eigenvalue weighted by molar-refractivity contribution is 7.19. The maximum Gasteiger partial charge on any atom is 0.236 e. The van der Waals surface area contributed by atoms with Gasteiger partial charge < -0.3 is 0 Å². The summed E-state index contributed by atoms with van der Waals surface area (Å²) in [5.41, 5.74) is 3.67. The molecule has 1 N–H and O–H groups in total. The summed E-state index contributed by atoms with van der Waals surface area (Å²) in [7, 11) is -2.71. The summed E-state index contributed by atoms with van der Waals surface area (Å²) in [6, 6.07) is 67.8. The fraction of sp³-hybridized carbons (Fsp3) is 0. The number of fused-ring (bicyclic) bond motifs is 3. The Hall–Kier alpha value is -6.43. The minimum absolute atomic E-state index is 0.150. The highest BCUT2D eigenvalue weighted by Gasteiger charge is 2.41. The molecule has 1 aromatic heterocycles. The first-order valence-electron chi connectivity index (χ1n) is 16.8. The number of amidine groups is 1. The van der Waals surface area contributed by atoms with E-state index >= 15 is 0 Å². The van der Waals surface area contributed by atoms with Crippen molar-refractivity contribution in [2.45, 2.75) is 0 Å². The Morgan fingerprint density at radius 3 is 1.44 bits per heavy atom. The number of nitrogens with zero attached hydrogens (tertiary/aromatic N) is 3. The molecule has 4 nitrogen and oxygen atoms in total. The van der Waals surface area contributed by atoms with Crippen molar-refractivity contribution in [1.29, 1.82) is 5.41 Å². The van der Waals surface area contributed by atoms with Gasteiger partial charge in [-0.15, -0.1) is 0 Å². The van der Waals surface area contributed by atoms with Gasteiger partial charge in [-0.3, -0.25) is 9.98 Å². The zero-order chi connectivity index (χ0) is 33.8. The maximum atomic E-state index is 8.99. The van der Waals surface area contributed by atoms with Gasteiger partial charge in [-0.05, 0) is 38.4 Å². The molecule has 0 aliphatic heterocycles. The summed E-state index contributed by atoms with van der Waals surface area (Å²) in [6.07, 6.45) is 1.89. The second-order valence-corrected chi connectivity index (χ2v) is 16.0. The minimum atomic E-state index is -2.71. The summed E-state index contributed by atoms with van der Waals surface area (Å²) in [5, 5.41) is 16.4. The van der Waals surface area contributed by atoms with E-state index in [0.29, 0.717) is 5.96 Å². The van der Waals surface area contributed by atoms with Crippen LogP contribution < -0.4 is 20.7 Å². The lowest BCUT2D eigenvalue weighted by atomic mass is 10.2. The Bertz CT molecular complexity index is 2340. The van der Waals surface area contributed by atoms with Gasteiger partial charge in [0.15, 0.2) is 13.9 Å². The van der Waals surface area contributed by atoms with Gasteiger partial charge in [0.25, 0.3) is 0 Å². The largest absolute Gasteiger partial charge is 0.282 e. The smallest absolute Gasteiger partial charge is 0.236 e. The number of nitrogens with one attached hydrogen (secondary N) is 1. The molecule has 8 rings (SSSR count). The van der Waals surface area contributed by atoms with E-state index in [4.69, 9.17) is 15.4 Å². The van der Waals surface area contributed by atoms with Gasteiger partial charge in [-0.2, -0.15) is 4.99 Å². The molecule has 0 bridgehead atoms. The second-order valence-electron chi connectivity index (χ2n) is 12.2. The average molecular weight is 659 g/mol. The molecule has 50 heavy (non-hydrogen) atoms. The zero-order valence-corrected chi connectivity index (χ0v) is 28.4. The fourth-order valence-corrected chi connectivity index (χ4v) is 11.9. The molecule has 0 atom stereocenters. The Morgan fingerprint density at radius 1 is 0.480 bits per heavy atom. The van der Waals surface area contributed by atoms with Gasteiger partial charge in [-0.25, -0.2) is 4.99 Å². The van der Waals surface area contributed by atoms with Crippen LogP contribution >= 0.6 is 0 Å². The first kappa shape index (κ1) is 30.9. The van der Waals surface area contributed by atoms with Crippen LogP contribution in [0.25, 0.3) is 21.8 Å². The van der Waals surface area contributed by atoms with Crippen LogP contribution in [0, 0.1) is 5.41 Å². The number of aromatic nitrogens is 1.